The van der Waals surface area contributed by atoms with Crippen molar-refractivity contribution in [1.29, 1.82) is 0 Å². The summed E-state index contributed by atoms with van der Waals surface area (Å²) in [5.41, 5.74) is -0.323. The number of Topliss-reactive ketones (excluding diaryl/α,β-unsaturated/α-hetero) is 1. The van der Waals surface area contributed by atoms with Crippen molar-refractivity contribution in [3.05, 3.63) is 63.1 Å². The van der Waals surface area contributed by atoms with E-state index in [0.717, 1.165) is 0 Å². The molecule has 26 heavy (non-hydrogen) atoms. The van der Waals surface area contributed by atoms with Gasteiger partial charge in [0, 0.05) is 26.9 Å². The predicted molar refractivity (Wildman–Crippen MR) is 107 cm³/mol. The lowest BCUT2D eigenvalue weighted by Gasteiger charge is -2.23. The highest BCUT2D eigenvalue weighted by atomic mass is 35.5. The Balaban J connectivity index is 2.59. The standard InChI is InChI=1S/C19H19Cl3O3S/c1-19(2,3)18(23)11-17(15-9-6-13(21)10-16(15)22)26(24,25)14-7-4-12(20)5-8-14/h4-10,17H,11H2,1-3H3. The molecular formula is C19H19Cl3O3S. The molecule has 0 saturated heterocycles. The van der Waals surface area contributed by atoms with Gasteiger partial charge in [0.25, 0.3) is 0 Å². The Bertz CT molecular complexity index is 914. The highest BCUT2D eigenvalue weighted by Gasteiger charge is 2.35. The van der Waals surface area contributed by atoms with E-state index >= 15 is 0 Å². The fourth-order valence-electron chi connectivity index (χ4n) is 2.41. The molecule has 0 aliphatic heterocycles. The lowest BCUT2D eigenvalue weighted by atomic mass is 9.87. The maximum absolute atomic E-state index is 13.3. The van der Waals surface area contributed by atoms with Gasteiger partial charge >= 0.3 is 0 Å². The minimum atomic E-state index is -3.87. The van der Waals surface area contributed by atoms with Crippen molar-refractivity contribution in [3.63, 3.8) is 0 Å². The Morgan fingerprint density at radius 2 is 1.50 bits per heavy atom. The van der Waals surface area contributed by atoms with Crippen LogP contribution in [0.25, 0.3) is 0 Å². The van der Waals surface area contributed by atoms with Crippen LogP contribution < -0.4 is 0 Å². The molecule has 0 aromatic heterocycles. The smallest absolute Gasteiger partial charge is 0.185 e. The van der Waals surface area contributed by atoms with Gasteiger partial charge in [0.2, 0.25) is 0 Å². The van der Waals surface area contributed by atoms with Crippen molar-refractivity contribution in [2.75, 3.05) is 0 Å². The van der Waals surface area contributed by atoms with Gasteiger partial charge in [-0.3, -0.25) is 4.79 Å². The second-order valence-corrected chi connectivity index (χ2v) is 10.4. The first-order valence-corrected chi connectivity index (χ1v) is 10.6. The Labute approximate surface area is 169 Å². The van der Waals surface area contributed by atoms with Crippen molar-refractivity contribution in [1.82, 2.24) is 0 Å². The third-order valence-corrected chi connectivity index (χ3v) is 6.95. The minimum Gasteiger partial charge on any atom is -0.299 e. The third-order valence-electron chi connectivity index (χ3n) is 4.03. The number of rotatable bonds is 5. The van der Waals surface area contributed by atoms with Crippen LogP contribution in [0.15, 0.2) is 47.4 Å². The Morgan fingerprint density at radius 3 is 2.00 bits per heavy atom. The van der Waals surface area contributed by atoms with Crippen LogP contribution in [-0.4, -0.2) is 14.2 Å². The summed E-state index contributed by atoms with van der Waals surface area (Å²) >= 11 is 18.1. The molecule has 2 rings (SSSR count). The molecule has 0 bridgehead atoms. The van der Waals surface area contributed by atoms with E-state index < -0.39 is 20.5 Å². The van der Waals surface area contributed by atoms with Crippen LogP contribution in [0.5, 0.6) is 0 Å². The fourth-order valence-corrected chi connectivity index (χ4v) is 4.90. The summed E-state index contributed by atoms with van der Waals surface area (Å²) in [5.74, 6) is -0.175. The maximum Gasteiger partial charge on any atom is 0.185 e. The van der Waals surface area contributed by atoms with E-state index in [0.29, 0.717) is 15.6 Å². The molecule has 1 unspecified atom stereocenters. The van der Waals surface area contributed by atoms with Crippen LogP contribution in [0.1, 0.15) is 38.0 Å². The summed E-state index contributed by atoms with van der Waals surface area (Å²) < 4.78 is 26.5. The van der Waals surface area contributed by atoms with E-state index in [2.05, 4.69) is 0 Å². The summed E-state index contributed by atoms with van der Waals surface area (Å²) in [7, 11) is -3.87. The molecule has 0 N–H and O–H groups in total. The van der Waals surface area contributed by atoms with Gasteiger partial charge in [-0.2, -0.15) is 0 Å². The van der Waals surface area contributed by atoms with Crippen LogP contribution >= 0.6 is 34.8 Å². The number of sulfone groups is 1. The van der Waals surface area contributed by atoms with E-state index in [1.54, 1.807) is 32.9 Å². The molecule has 7 heteroatoms. The fraction of sp³-hybridized carbons (Fsp3) is 0.316. The summed E-state index contributed by atoms with van der Waals surface area (Å²) in [5, 5.41) is -0.0822. The molecule has 0 saturated carbocycles. The zero-order valence-electron chi connectivity index (χ0n) is 14.6. The zero-order chi connectivity index (χ0) is 19.7. The van der Waals surface area contributed by atoms with Gasteiger partial charge in [-0.05, 0) is 42.0 Å². The van der Waals surface area contributed by atoms with Gasteiger partial charge < -0.3 is 0 Å². The second kappa shape index (κ2) is 7.89. The molecule has 0 radical (unpaired) electrons. The van der Waals surface area contributed by atoms with E-state index in [-0.39, 0.29) is 22.1 Å². The minimum absolute atomic E-state index is 0.0830. The highest BCUT2D eigenvalue weighted by Crippen LogP contribution is 2.39. The van der Waals surface area contributed by atoms with Gasteiger partial charge in [-0.15, -0.1) is 0 Å². The van der Waals surface area contributed by atoms with Crippen molar-refractivity contribution in [2.24, 2.45) is 5.41 Å². The predicted octanol–water partition coefficient (Wildman–Crippen LogP) is 6.17. The zero-order valence-corrected chi connectivity index (χ0v) is 17.7. The molecule has 2 aromatic carbocycles. The van der Waals surface area contributed by atoms with Crippen molar-refractivity contribution >= 4 is 50.4 Å². The topological polar surface area (TPSA) is 51.2 Å². The molecule has 2 aromatic rings. The quantitative estimate of drug-likeness (QED) is 0.566. The van der Waals surface area contributed by atoms with Gasteiger partial charge in [-0.25, -0.2) is 8.42 Å². The lowest BCUT2D eigenvalue weighted by Crippen LogP contribution is -2.26. The first-order chi connectivity index (χ1) is 11.9. The van der Waals surface area contributed by atoms with Crippen LogP contribution in [0.2, 0.25) is 15.1 Å². The molecular weight excluding hydrogens is 415 g/mol. The monoisotopic (exact) mass is 432 g/mol. The molecule has 0 aliphatic rings. The first kappa shape index (κ1) is 21.2. The Hall–Kier alpha value is -1.07. The summed E-state index contributed by atoms with van der Waals surface area (Å²) in [6, 6.07) is 10.4. The van der Waals surface area contributed by atoms with Crippen LogP contribution in [-0.2, 0) is 14.6 Å². The molecule has 0 fully saturated rings. The highest BCUT2D eigenvalue weighted by molar-refractivity contribution is 7.91. The largest absolute Gasteiger partial charge is 0.299 e. The van der Waals surface area contributed by atoms with Crippen LogP contribution in [0, 0.1) is 5.41 Å². The average molecular weight is 434 g/mol. The normalized spacial score (nSPS) is 13.5. The molecule has 140 valence electrons. The third kappa shape index (κ3) is 4.80. The molecule has 0 spiro atoms. The first-order valence-electron chi connectivity index (χ1n) is 7.90. The average Bonchev–Trinajstić information content (AvgIpc) is 2.52. The SMILES string of the molecule is CC(C)(C)C(=O)CC(c1ccc(Cl)cc1Cl)S(=O)(=O)c1ccc(Cl)cc1. The maximum atomic E-state index is 13.3. The van der Waals surface area contributed by atoms with Crippen LogP contribution in [0.3, 0.4) is 0 Å². The Kier molecular flexibility index (Phi) is 6.44. The lowest BCUT2D eigenvalue weighted by molar-refractivity contribution is -0.126. The van der Waals surface area contributed by atoms with Crippen LogP contribution in [0.4, 0.5) is 0 Å². The summed E-state index contributed by atoms with van der Waals surface area (Å²) in [6.07, 6.45) is -0.185. The Morgan fingerprint density at radius 1 is 0.962 bits per heavy atom. The number of carbonyl (C=O) groups excluding carboxylic acids is 1. The van der Waals surface area contributed by atoms with Gasteiger partial charge in [-0.1, -0.05) is 61.6 Å². The molecule has 3 nitrogen and oxygen atoms in total. The van der Waals surface area contributed by atoms with E-state index in [4.69, 9.17) is 34.8 Å². The second-order valence-electron chi connectivity index (χ2n) is 7.03. The number of ketones is 1. The van der Waals surface area contributed by atoms with E-state index in [1.807, 2.05) is 0 Å². The van der Waals surface area contributed by atoms with E-state index in [9.17, 15) is 13.2 Å². The van der Waals surface area contributed by atoms with Crippen molar-refractivity contribution < 1.29 is 13.2 Å². The summed E-state index contributed by atoms with van der Waals surface area (Å²) in [4.78, 5) is 12.7. The van der Waals surface area contributed by atoms with Crippen molar-refractivity contribution in [2.45, 2.75) is 37.3 Å². The summed E-state index contributed by atoms with van der Waals surface area (Å²) in [6.45, 7) is 5.26. The number of benzene rings is 2. The number of carbonyl (C=O) groups is 1. The van der Waals surface area contributed by atoms with Crippen molar-refractivity contribution in [3.8, 4) is 0 Å². The van der Waals surface area contributed by atoms with Gasteiger partial charge in [0.05, 0.1) is 10.1 Å². The number of halogens is 3. The van der Waals surface area contributed by atoms with E-state index in [1.165, 1.54) is 30.3 Å². The number of hydrogen-bond donors (Lipinski definition) is 0. The molecule has 1 atom stereocenters. The van der Waals surface area contributed by atoms with Gasteiger partial charge in [0.15, 0.2) is 9.84 Å². The molecule has 0 amide bonds. The molecule has 0 aliphatic carbocycles. The molecule has 0 heterocycles. The number of hydrogen-bond acceptors (Lipinski definition) is 3. The van der Waals surface area contributed by atoms with Gasteiger partial charge in [0.1, 0.15) is 5.78 Å².